The Hall–Kier alpha value is 0.420. The maximum Gasteiger partial charge on any atom is 0.0847 e. The molecule has 0 atom stereocenters. The van der Waals surface area contributed by atoms with Gasteiger partial charge in [0.15, 0.2) is 0 Å². The third-order valence-electron chi connectivity index (χ3n) is 1.70. The highest BCUT2D eigenvalue weighted by molar-refractivity contribution is 8.00. The second kappa shape index (κ2) is 7.12. The minimum atomic E-state index is -0.528. The van der Waals surface area contributed by atoms with Crippen LogP contribution in [0.25, 0.3) is 0 Å². The fourth-order valence-electron chi connectivity index (χ4n) is 1.02. The number of hydrogen-bond donors (Lipinski definition) is 1. The average Bonchev–Trinajstić information content (AvgIpc) is 2.36. The standard InChI is InChI=1S/C6H2F5NS5/c7-13-2-1(12)3(14-8)5(16-10)6(17-11)4(2)15-9/h12H2. The smallest absolute Gasteiger partial charge is 0.0847 e. The monoisotopic (exact) mass is 343 g/mol. The van der Waals surface area contributed by atoms with Crippen LogP contribution in [0.3, 0.4) is 0 Å². The second-order valence-corrected chi connectivity index (χ2v) is 5.26. The van der Waals surface area contributed by atoms with Gasteiger partial charge in [-0.2, -0.15) is 19.4 Å². The van der Waals surface area contributed by atoms with Gasteiger partial charge in [0.1, 0.15) is 0 Å². The molecule has 1 nitrogen and oxygen atoms in total. The highest BCUT2D eigenvalue weighted by Gasteiger charge is 2.26. The molecule has 0 aliphatic heterocycles. The Labute approximate surface area is 116 Å². The molecule has 0 aliphatic rings. The van der Waals surface area contributed by atoms with Gasteiger partial charge in [0.05, 0.1) is 90.9 Å². The van der Waals surface area contributed by atoms with E-state index in [4.69, 9.17) is 5.73 Å². The van der Waals surface area contributed by atoms with E-state index in [1.165, 1.54) is 0 Å². The summed E-state index contributed by atoms with van der Waals surface area (Å²) in [5, 5.41) is 0. The summed E-state index contributed by atoms with van der Waals surface area (Å²) in [5.74, 6) is 0. The Balaban J connectivity index is 3.66. The lowest BCUT2D eigenvalue weighted by molar-refractivity contribution is 0.833. The van der Waals surface area contributed by atoms with Crippen LogP contribution in [0, 0.1) is 0 Å². The molecule has 0 amide bonds. The molecule has 0 radical (unpaired) electrons. The lowest BCUT2D eigenvalue weighted by Crippen LogP contribution is -1.97. The molecular weight excluding hydrogens is 341 g/mol. The minimum absolute atomic E-state index is 0.453. The summed E-state index contributed by atoms with van der Waals surface area (Å²) in [5.41, 5.74) is 4.91. The first-order valence-corrected chi connectivity index (χ1v) is 7.17. The summed E-state index contributed by atoms with van der Waals surface area (Å²) >= 11 is -2.36. The van der Waals surface area contributed by atoms with Gasteiger partial charge in [0, 0.05) is 0 Å². The van der Waals surface area contributed by atoms with Crippen LogP contribution in [0.4, 0.5) is 25.1 Å². The van der Waals surface area contributed by atoms with Gasteiger partial charge >= 0.3 is 0 Å². The molecule has 1 aromatic rings. The Kier molecular flexibility index (Phi) is 6.48. The summed E-state index contributed by atoms with van der Waals surface area (Å²) in [6.07, 6.45) is 0. The number of rotatable bonds is 5. The van der Waals surface area contributed by atoms with Crippen LogP contribution >= 0.6 is 60.7 Å². The number of benzene rings is 1. The van der Waals surface area contributed by atoms with Crippen molar-refractivity contribution >= 4 is 66.4 Å². The zero-order chi connectivity index (χ0) is 13.0. The highest BCUT2D eigenvalue weighted by Crippen LogP contribution is 2.53. The van der Waals surface area contributed by atoms with Gasteiger partial charge in [0.2, 0.25) is 0 Å². The number of anilines is 1. The minimum Gasteiger partial charge on any atom is -0.397 e. The van der Waals surface area contributed by atoms with Gasteiger partial charge in [-0.3, -0.25) is 0 Å². The van der Waals surface area contributed by atoms with E-state index < -0.39 is 90.9 Å². The van der Waals surface area contributed by atoms with Crippen molar-refractivity contribution in [2.45, 2.75) is 24.5 Å². The molecule has 1 aromatic carbocycles. The normalized spacial score (nSPS) is 10.9. The molecule has 0 saturated heterocycles. The number of nitrogens with two attached hydrogens (primary N) is 1. The van der Waals surface area contributed by atoms with Crippen molar-refractivity contribution in [1.82, 2.24) is 0 Å². The molecule has 1 rings (SSSR count). The first kappa shape index (κ1) is 15.5. The molecule has 17 heavy (non-hydrogen) atoms. The highest BCUT2D eigenvalue weighted by atomic mass is 32.2. The zero-order valence-corrected chi connectivity index (χ0v) is 11.6. The van der Waals surface area contributed by atoms with Gasteiger partial charge in [-0.25, -0.2) is 0 Å². The van der Waals surface area contributed by atoms with Crippen molar-refractivity contribution in [2.75, 3.05) is 5.73 Å². The number of hydrogen-bond acceptors (Lipinski definition) is 6. The third kappa shape index (κ3) is 2.88. The molecule has 96 valence electrons. The number of nitrogen functional groups attached to an aromatic ring is 1. The van der Waals surface area contributed by atoms with Crippen LogP contribution in [0.15, 0.2) is 24.5 Å². The van der Waals surface area contributed by atoms with Crippen LogP contribution < -0.4 is 5.73 Å². The van der Waals surface area contributed by atoms with Gasteiger partial charge in [-0.15, -0.1) is 0 Å². The molecule has 0 saturated carbocycles. The summed E-state index contributed by atoms with van der Waals surface area (Å²) in [4.78, 5) is -2.45. The molecule has 0 bridgehead atoms. The van der Waals surface area contributed by atoms with Crippen molar-refractivity contribution in [3.05, 3.63) is 0 Å². The van der Waals surface area contributed by atoms with Crippen LogP contribution in [0.5, 0.6) is 0 Å². The predicted molar refractivity (Wildman–Crippen MR) is 65.7 cm³/mol. The van der Waals surface area contributed by atoms with Gasteiger partial charge in [-0.1, -0.05) is 0 Å². The van der Waals surface area contributed by atoms with Gasteiger partial charge in [-0.05, 0) is 0 Å². The molecule has 0 spiro atoms. The molecular formula is C6H2F5NS5. The third-order valence-corrected chi connectivity index (χ3v) is 5.06. The van der Waals surface area contributed by atoms with E-state index >= 15 is 0 Å². The Morgan fingerprint density at radius 1 is 0.529 bits per heavy atom. The predicted octanol–water partition coefficient (Wildman–Crippen LogP) is 6.15. The summed E-state index contributed by atoms with van der Waals surface area (Å²) in [7, 11) is 0. The van der Waals surface area contributed by atoms with Gasteiger partial charge in [0.25, 0.3) is 0 Å². The Bertz CT molecular complexity index is 383. The Morgan fingerprint density at radius 3 is 1.00 bits per heavy atom. The first-order valence-electron chi connectivity index (χ1n) is 3.58. The van der Waals surface area contributed by atoms with Crippen molar-refractivity contribution in [2.24, 2.45) is 0 Å². The fourth-order valence-corrected chi connectivity index (χ4v) is 3.80. The maximum atomic E-state index is 12.6. The quantitative estimate of drug-likeness (QED) is 0.509. The second-order valence-electron chi connectivity index (χ2n) is 2.45. The maximum absolute atomic E-state index is 12.6. The summed E-state index contributed by atoms with van der Waals surface area (Å²) in [6, 6.07) is 0. The topological polar surface area (TPSA) is 26.0 Å². The van der Waals surface area contributed by atoms with E-state index in [1.807, 2.05) is 0 Å². The van der Waals surface area contributed by atoms with Crippen LogP contribution in [0.2, 0.25) is 0 Å². The average molecular weight is 343 g/mol. The Morgan fingerprint density at radius 2 is 0.765 bits per heavy atom. The lowest BCUT2D eigenvalue weighted by Gasteiger charge is -2.14. The van der Waals surface area contributed by atoms with Crippen molar-refractivity contribution < 1.29 is 19.4 Å². The van der Waals surface area contributed by atoms with Crippen LogP contribution in [0.1, 0.15) is 0 Å². The molecule has 2 N–H and O–H groups in total. The van der Waals surface area contributed by atoms with Crippen molar-refractivity contribution in [3.8, 4) is 0 Å². The van der Waals surface area contributed by atoms with Crippen molar-refractivity contribution in [3.63, 3.8) is 0 Å². The molecule has 0 aromatic heterocycles. The van der Waals surface area contributed by atoms with Crippen LogP contribution in [-0.2, 0) is 0 Å². The van der Waals surface area contributed by atoms with Crippen molar-refractivity contribution in [1.29, 1.82) is 0 Å². The summed E-state index contributed by atoms with van der Waals surface area (Å²) < 4.78 is 63.1. The van der Waals surface area contributed by atoms with E-state index in [0.29, 0.717) is 0 Å². The van der Waals surface area contributed by atoms with Crippen LogP contribution in [-0.4, -0.2) is 0 Å². The SMILES string of the molecule is Nc1c(SF)c(SF)c(SF)c(SF)c1SF. The van der Waals surface area contributed by atoms with E-state index in [1.54, 1.807) is 0 Å². The molecule has 0 aliphatic carbocycles. The number of halogens is 5. The summed E-state index contributed by atoms with van der Waals surface area (Å²) in [6.45, 7) is 0. The lowest BCUT2D eigenvalue weighted by atomic mass is 10.3. The molecule has 0 unspecified atom stereocenters. The fraction of sp³-hybridized carbons (Fsp3) is 0. The van der Waals surface area contributed by atoms with E-state index in [9.17, 15) is 19.4 Å². The van der Waals surface area contributed by atoms with E-state index in [-0.39, 0.29) is 0 Å². The van der Waals surface area contributed by atoms with Gasteiger partial charge < -0.3 is 5.73 Å². The molecule has 0 fully saturated rings. The van der Waals surface area contributed by atoms with E-state index in [0.717, 1.165) is 0 Å². The molecule has 11 heteroatoms. The largest absolute Gasteiger partial charge is 0.397 e. The first-order chi connectivity index (χ1) is 8.15. The molecule has 0 heterocycles. The zero-order valence-electron chi connectivity index (χ0n) is 7.51. The van der Waals surface area contributed by atoms with E-state index in [2.05, 4.69) is 0 Å².